The normalized spacial score (nSPS) is 22.3. The molecule has 1 aromatic carbocycles. The number of benzene rings is 1. The topological polar surface area (TPSA) is 21.8 Å². The molecule has 1 aliphatic heterocycles. The van der Waals surface area contributed by atoms with Crippen molar-refractivity contribution in [1.82, 2.24) is 0 Å². The van der Waals surface area contributed by atoms with Gasteiger partial charge in [-0.05, 0) is 55.9 Å². The molecular weight excluding hydrogens is 224 g/mol. The summed E-state index contributed by atoms with van der Waals surface area (Å²) in [5.74, 6) is 1.56. The number of rotatable bonds is 6. The molecule has 0 amide bonds. The highest BCUT2D eigenvalue weighted by molar-refractivity contribution is 5.35. The predicted octanol–water partition coefficient (Wildman–Crippen LogP) is 3.75. The second kappa shape index (κ2) is 5.75. The van der Waals surface area contributed by atoms with E-state index >= 15 is 0 Å². The lowest BCUT2D eigenvalue weighted by Gasteiger charge is -2.11. The SMILES string of the molecule is Cc1cc(OCC(C)C)ccc1CCC1OC1C. The number of ether oxygens (including phenoxy) is 2. The fourth-order valence-corrected chi connectivity index (χ4v) is 2.13. The van der Waals surface area contributed by atoms with Crippen molar-refractivity contribution in [3.63, 3.8) is 0 Å². The van der Waals surface area contributed by atoms with Crippen LogP contribution in [0.25, 0.3) is 0 Å². The summed E-state index contributed by atoms with van der Waals surface area (Å²) < 4.78 is 11.2. The van der Waals surface area contributed by atoms with E-state index in [1.54, 1.807) is 0 Å². The van der Waals surface area contributed by atoms with Gasteiger partial charge in [0, 0.05) is 0 Å². The zero-order chi connectivity index (χ0) is 13.1. The van der Waals surface area contributed by atoms with Crippen LogP contribution in [0.15, 0.2) is 18.2 Å². The Balaban J connectivity index is 1.88. The monoisotopic (exact) mass is 248 g/mol. The maximum Gasteiger partial charge on any atom is 0.119 e. The Morgan fingerprint density at radius 3 is 2.61 bits per heavy atom. The van der Waals surface area contributed by atoms with Gasteiger partial charge in [-0.3, -0.25) is 0 Å². The molecule has 2 atom stereocenters. The number of hydrogen-bond acceptors (Lipinski definition) is 2. The second-order valence-electron chi connectivity index (χ2n) is 5.71. The Morgan fingerprint density at radius 2 is 2.06 bits per heavy atom. The summed E-state index contributed by atoms with van der Waals surface area (Å²) in [6.07, 6.45) is 3.19. The molecule has 1 aliphatic rings. The van der Waals surface area contributed by atoms with Gasteiger partial charge in [-0.1, -0.05) is 19.9 Å². The summed E-state index contributed by atoms with van der Waals surface area (Å²) in [4.78, 5) is 0. The number of hydrogen-bond donors (Lipinski definition) is 0. The van der Waals surface area contributed by atoms with E-state index in [0.717, 1.165) is 25.2 Å². The van der Waals surface area contributed by atoms with E-state index in [1.165, 1.54) is 11.1 Å². The maximum atomic E-state index is 5.73. The van der Waals surface area contributed by atoms with Crippen molar-refractivity contribution in [3.8, 4) is 5.75 Å². The molecule has 2 nitrogen and oxygen atoms in total. The summed E-state index contributed by atoms with van der Waals surface area (Å²) >= 11 is 0. The van der Waals surface area contributed by atoms with Gasteiger partial charge < -0.3 is 9.47 Å². The average Bonchev–Trinajstić information content (AvgIpc) is 3.01. The van der Waals surface area contributed by atoms with Crippen molar-refractivity contribution in [2.45, 2.75) is 52.7 Å². The van der Waals surface area contributed by atoms with Crippen LogP contribution in [-0.2, 0) is 11.2 Å². The van der Waals surface area contributed by atoms with Crippen LogP contribution in [0.5, 0.6) is 5.75 Å². The first kappa shape index (κ1) is 13.4. The lowest BCUT2D eigenvalue weighted by atomic mass is 10.0. The van der Waals surface area contributed by atoms with Gasteiger partial charge in [0.05, 0.1) is 18.8 Å². The summed E-state index contributed by atoms with van der Waals surface area (Å²) in [5, 5.41) is 0. The Kier molecular flexibility index (Phi) is 4.28. The van der Waals surface area contributed by atoms with Gasteiger partial charge in [0.1, 0.15) is 5.75 Å². The third-order valence-corrected chi connectivity index (χ3v) is 3.43. The Bertz CT molecular complexity index is 398. The number of aryl methyl sites for hydroxylation is 2. The zero-order valence-corrected chi connectivity index (χ0v) is 11.9. The van der Waals surface area contributed by atoms with Gasteiger partial charge in [-0.15, -0.1) is 0 Å². The molecule has 0 saturated carbocycles. The van der Waals surface area contributed by atoms with E-state index in [1.807, 2.05) is 0 Å². The summed E-state index contributed by atoms with van der Waals surface area (Å²) in [5.41, 5.74) is 2.74. The van der Waals surface area contributed by atoms with E-state index in [2.05, 4.69) is 45.9 Å². The average molecular weight is 248 g/mol. The summed E-state index contributed by atoms with van der Waals surface area (Å²) in [6, 6.07) is 6.43. The van der Waals surface area contributed by atoms with Crippen LogP contribution in [0.3, 0.4) is 0 Å². The van der Waals surface area contributed by atoms with Gasteiger partial charge in [-0.2, -0.15) is 0 Å². The molecule has 1 saturated heterocycles. The fourth-order valence-electron chi connectivity index (χ4n) is 2.13. The molecule has 1 heterocycles. The molecule has 2 heteroatoms. The van der Waals surface area contributed by atoms with Crippen LogP contribution in [-0.4, -0.2) is 18.8 Å². The molecule has 0 aliphatic carbocycles. The van der Waals surface area contributed by atoms with Crippen LogP contribution in [0, 0.1) is 12.8 Å². The minimum Gasteiger partial charge on any atom is -0.493 e. The van der Waals surface area contributed by atoms with Crippen molar-refractivity contribution in [3.05, 3.63) is 29.3 Å². The molecule has 2 unspecified atom stereocenters. The Labute approximate surface area is 110 Å². The van der Waals surface area contributed by atoms with Crippen LogP contribution >= 0.6 is 0 Å². The first-order valence-corrected chi connectivity index (χ1v) is 6.94. The first-order chi connectivity index (χ1) is 8.56. The molecule has 0 aromatic heterocycles. The van der Waals surface area contributed by atoms with Crippen LogP contribution in [0.2, 0.25) is 0 Å². The molecule has 100 valence electrons. The van der Waals surface area contributed by atoms with E-state index in [4.69, 9.17) is 9.47 Å². The largest absolute Gasteiger partial charge is 0.493 e. The molecule has 18 heavy (non-hydrogen) atoms. The highest BCUT2D eigenvalue weighted by Gasteiger charge is 2.33. The molecule has 2 rings (SSSR count). The smallest absolute Gasteiger partial charge is 0.119 e. The molecule has 0 N–H and O–H groups in total. The van der Waals surface area contributed by atoms with Crippen LogP contribution in [0.1, 0.15) is 38.3 Å². The highest BCUT2D eigenvalue weighted by Crippen LogP contribution is 2.27. The fraction of sp³-hybridized carbons (Fsp3) is 0.625. The van der Waals surface area contributed by atoms with E-state index in [0.29, 0.717) is 18.1 Å². The quantitative estimate of drug-likeness (QED) is 0.715. The van der Waals surface area contributed by atoms with Crippen molar-refractivity contribution < 1.29 is 9.47 Å². The lowest BCUT2D eigenvalue weighted by molar-refractivity contribution is 0.271. The molecule has 1 fully saturated rings. The predicted molar refractivity (Wildman–Crippen MR) is 74.2 cm³/mol. The molecule has 0 bridgehead atoms. The highest BCUT2D eigenvalue weighted by atomic mass is 16.6. The Hall–Kier alpha value is -1.02. The van der Waals surface area contributed by atoms with Gasteiger partial charge in [-0.25, -0.2) is 0 Å². The van der Waals surface area contributed by atoms with Gasteiger partial charge >= 0.3 is 0 Å². The van der Waals surface area contributed by atoms with E-state index in [9.17, 15) is 0 Å². The third-order valence-electron chi connectivity index (χ3n) is 3.43. The Morgan fingerprint density at radius 1 is 1.33 bits per heavy atom. The summed E-state index contributed by atoms with van der Waals surface area (Å²) in [7, 11) is 0. The van der Waals surface area contributed by atoms with Crippen molar-refractivity contribution in [2.75, 3.05) is 6.61 Å². The van der Waals surface area contributed by atoms with E-state index < -0.39 is 0 Å². The standard InChI is InChI=1S/C16H24O2/c1-11(2)10-17-15-7-5-14(12(3)9-15)6-8-16-13(4)18-16/h5,7,9,11,13,16H,6,8,10H2,1-4H3. The van der Waals surface area contributed by atoms with E-state index in [-0.39, 0.29) is 0 Å². The zero-order valence-electron chi connectivity index (χ0n) is 11.9. The minimum atomic E-state index is 0.471. The van der Waals surface area contributed by atoms with Crippen molar-refractivity contribution in [2.24, 2.45) is 5.92 Å². The minimum absolute atomic E-state index is 0.471. The molecule has 1 aromatic rings. The molecular formula is C16H24O2. The molecule has 0 spiro atoms. The van der Waals surface area contributed by atoms with Crippen molar-refractivity contribution >= 4 is 0 Å². The maximum absolute atomic E-state index is 5.73. The van der Waals surface area contributed by atoms with Crippen LogP contribution < -0.4 is 4.74 Å². The summed E-state index contributed by atoms with van der Waals surface area (Å²) in [6.45, 7) is 9.41. The first-order valence-electron chi connectivity index (χ1n) is 6.94. The molecule has 0 radical (unpaired) electrons. The lowest BCUT2D eigenvalue weighted by Crippen LogP contribution is -2.05. The van der Waals surface area contributed by atoms with Gasteiger partial charge in [0.25, 0.3) is 0 Å². The third kappa shape index (κ3) is 3.74. The van der Waals surface area contributed by atoms with Crippen LogP contribution in [0.4, 0.5) is 0 Å². The second-order valence-corrected chi connectivity index (χ2v) is 5.71. The number of epoxide rings is 1. The van der Waals surface area contributed by atoms with Crippen molar-refractivity contribution in [1.29, 1.82) is 0 Å². The van der Waals surface area contributed by atoms with Gasteiger partial charge in [0.2, 0.25) is 0 Å². The van der Waals surface area contributed by atoms with Gasteiger partial charge in [0.15, 0.2) is 0 Å².